The molecule has 0 spiro atoms. The van der Waals surface area contributed by atoms with Crippen LogP contribution in [0.4, 0.5) is 0 Å². The van der Waals surface area contributed by atoms with Crippen LogP contribution in [0.1, 0.15) is 41.4 Å². The topological polar surface area (TPSA) is 53.1 Å². The molecule has 2 rings (SSSR count). The number of nitrogens with one attached hydrogen (secondary N) is 1. The normalized spacial score (nSPS) is 11.2. The molecular formula is C13H15NO2. The smallest absolute Gasteiger partial charge is 0.352 e. The molecule has 0 saturated carbocycles. The van der Waals surface area contributed by atoms with Gasteiger partial charge in [0.2, 0.25) is 0 Å². The van der Waals surface area contributed by atoms with Crippen molar-refractivity contribution in [3.8, 4) is 0 Å². The highest BCUT2D eigenvalue weighted by molar-refractivity contribution is 5.98. The van der Waals surface area contributed by atoms with Crippen molar-refractivity contribution < 1.29 is 9.90 Å². The second-order valence-corrected chi connectivity index (χ2v) is 4.42. The molecule has 0 bridgehead atoms. The number of aromatic carboxylic acids is 1. The molecule has 0 fully saturated rings. The third kappa shape index (κ3) is 1.58. The van der Waals surface area contributed by atoms with Crippen LogP contribution in [0.2, 0.25) is 0 Å². The van der Waals surface area contributed by atoms with Crippen LogP contribution in [0, 0.1) is 6.92 Å². The van der Waals surface area contributed by atoms with Gasteiger partial charge < -0.3 is 10.1 Å². The molecule has 84 valence electrons. The highest BCUT2D eigenvalue weighted by Gasteiger charge is 2.19. The zero-order valence-electron chi connectivity index (χ0n) is 9.66. The van der Waals surface area contributed by atoms with E-state index in [-0.39, 0.29) is 5.92 Å². The summed E-state index contributed by atoms with van der Waals surface area (Å²) in [6.45, 7) is 6.03. The standard InChI is InChI=1S/C13H15NO2/c1-7(2)11-9-6-8(3)4-5-10(9)14-12(11)13(15)16/h4-7,14H,1-3H3,(H,15,16). The summed E-state index contributed by atoms with van der Waals surface area (Å²) in [5.41, 5.74) is 3.25. The Labute approximate surface area is 94.1 Å². The van der Waals surface area contributed by atoms with E-state index in [0.29, 0.717) is 5.69 Å². The molecule has 0 radical (unpaired) electrons. The van der Waals surface area contributed by atoms with E-state index in [0.717, 1.165) is 22.0 Å². The highest BCUT2D eigenvalue weighted by Crippen LogP contribution is 2.29. The fourth-order valence-corrected chi connectivity index (χ4v) is 2.09. The van der Waals surface area contributed by atoms with Crippen molar-refractivity contribution in [2.24, 2.45) is 0 Å². The predicted octanol–water partition coefficient (Wildman–Crippen LogP) is 3.30. The maximum atomic E-state index is 11.1. The molecule has 0 aliphatic rings. The van der Waals surface area contributed by atoms with Gasteiger partial charge in [-0.15, -0.1) is 0 Å². The van der Waals surface area contributed by atoms with Gasteiger partial charge in [0.05, 0.1) is 0 Å². The van der Waals surface area contributed by atoms with E-state index in [2.05, 4.69) is 4.98 Å². The maximum Gasteiger partial charge on any atom is 0.352 e. The summed E-state index contributed by atoms with van der Waals surface area (Å²) in [5, 5.41) is 10.2. The lowest BCUT2D eigenvalue weighted by atomic mass is 9.98. The van der Waals surface area contributed by atoms with Crippen LogP contribution in [-0.4, -0.2) is 16.1 Å². The molecule has 0 aliphatic carbocycles. The highest BCUT2D eigenvalue weighted by atomic mass is 16.4. The molecule has 2 N–H and O–H groups in total. The van der Waals surface area contributed by atoms with Crippen LogP contribution in [-0.2, 0) is 0 Å². The molecule has 1 aromatic carbocycles. The van der Waals surface area contributed by atoms with Crippen molar-refractivity contribution in [2.45, 2.75) is 26.7 Å². The van der Waals surface area contributed by atoms with Crippen molar-refractivity contribution in [2.75, 3.05) is 0 Å². The number of aromatic nitrogens is 1. The zero-order chi connectivity index (χ0) is 11.9. The van der Waals surface area contributed by atoms with Gasteiger partial charge in [-0.25, -0.2) is 4.79 Å². The molecule has 0 saturated heterocycles. The number of hydrogen-bond donors (Lipinski definition) is 2. The van der Waals surface area contributed by atoms with Gasteiger partial charge in [0.15, 0.2) is 0 Å². The number of carbonyl (C=O) groups is 1. The molecule has 3 heteroatoms. The van der Waals surface area contributed by atoms with E-state index < -0.39 is 5.97 Å². The van der Waals surface area contributed by atoms with E-state index in [9.17, 15) is 4.79 Å². The van der Waals surface area contributed by atoms with Gasteiger partial charge in [0.1, 0.15) is 5.69 Å². The van der Waals surface area contributed by atoms with Crippen molar-refractivity contribution in [1.82, 2.24) is 4.98 Å². The largest absolute Gasteiger partial charge is 0.477 e. The molecule has 0 aliphatic heterocycles. The Hall–Kier alpha value is -1.77. The van der Waals surface area contributed by atoms with Gasteiger partial charge in [-0.3, -0.25) is 0 Å². The van der Waals surface area contributed by atoms with Crippen LogP contribution in [0.3, 0.4) is 0 Å². The van der Waals surface area contributed by atoms with Crippen molar-refractivity contribution in [3.05, 3.63) is 35.0 Å². The fraction of sp³-hybridized carbons (Fsp3) is 0.308. The molecular weight excluding hydrogens is 202 g/mol. The first-order valence-corrected chi connectivity index (χ1v) is 5.36. The van der Waals surface area contributed by atoms with E-state index in [1.54, 1.807) is 0 Å². The van der Waals surface area contributed by atoms with Gasteiger partial charge in [-0.05, 0) is 30.5 Å². The number of carboxylic acids is 1. The van der Waals surface area contributed by atoms with Crippen LogP contribution in [0.15, 0.2) is 18.2 Å². The molecule has 16 heavy (non-hydrogen) atoms. The van der Waals surface area contributed by atoms with Crippen LogP contribution in [0.25, 0.3) is 10.9 Å². The number of H-pyrrole nitrogens is 1. The Bertz CT molecular complexity index is 552. The summed E-state index contributed by atoms with van der Waals surface area (Å²) in [6.07, 6.45) is 0. The Morgan fingerprint density at radius 1 is 1.38 bits per heavy atom. The second kappa shape index (κ2) is 3.67. The van der Waals surface area contributed by atoms with Gasteiger partial charge in [-0.2, -0.15) is 0 Å². The van der Waals surface area contributed by atoms with E-state index in [1.165, 1.54) is 0 Å². The summed E-state index contributed by atoms with van der Waals surface area (Å²) in [4.78, 5) is 14.1. The van der Waals surface area contributed by atoms with E-state index in [1.807, 2.05) is 39.0 Å². The Kier molecular flexibility index (Phi) is 2.46. The Morgan fingerprint density at radius 2 is 2.06 bits per heavy atom. The van der Waals surface area contributed by atoms with Crippen molar-refractivity contribution >= 4 is 16.9 Å². The molecule has 0 amide bonds. The monoisotopic (exact) mass is 217 g/mol. The zero-order valence-corrected chi connectivity index (χ0v) is 9.66. The Balaban J connectivity index is 2.82. The van der Waals surface area contributed by atoms with Gasteiger partial charge in [0.25, 0.3) is 0 Å². The average molecular weight is 217 g/mol. The molecule has 3 nitrogen and oxygen atoms in total. The first kappa shape index (κ1) is 10.7. The molecule has 1 aromatic heterocycles. The second-order valence-electron chi connectivity index (χ2n) is 4.42. The first-order chi connectivity index (χ1) is 7.50. The number of fused-ring (bicyclic) bond motifs is 1. The van der Waals surface area contributed by atoms with Gasteiger partial charge in [0, 0.05) is 10.9 Å². The molecule has 2 aromatic rings. The minimum absolute atomic E-state index is 0.196. The van der Waals surface area contributed by atoms with E-state index >= 15 is 0 Å². The number of benzene rings is 1. The molecule has 0 unspecified atom stereocenters. The molecule has 1 heterocycles. The summed E-state index contributed by atoms with van der Waals surface area (Å²) in [6, 6.07) is 5.95. The van der Waals surface area contributed by atoms with Gasteiger partial charge in [-0.1, -0.05) is 25.5 Å². The lowest BCUT2D eigenvalue weighted by Crippen LogP contribution is -2.02. The third-order valence-corrected chi connectivity index (χ3v) is 2.79. The SMILES string of the molecule is Cc1ccc2[nH]c(C(=O)O)c(C(C)C)c2c1. The number of carboxylic acid groups (broad SMARTS) is 1. The minimum atomic E-state index is -0.891. The number of aromatic amines is 1. The summed E-state index contributed by atoms with van der Waals surface area (Å²) in [5.74, 6) is -0.695. The predicted molar refractivity (Wildman–Crippen MR) is 64.1 cm³/mol. The van der Waals surface area contributed by atoms with Crippen LogP contribution < -0.4 is 0 Å². The summed E-state index contributed by atoms with van der Waals surface area (Å²) >= 11 is 0. The van der Waals surface area contributed by atoms with Gasteiger partial charge >= 0.3 is 5.97 Å². The first-order valence-electron chi connectivity index (χ1n) is 5.36. The quantitative estimate of drug-likeness (QED) is 0.810. The number of rotatable bonds is 2. The fourth-order valence-electron chi connectivity index (χ4n) is 2.09. The lowest BCUT2D eigenvalue weighted by Gasteiger charge is -2.05. The maximum absolute atomic E-state index is 11.1. The third-order valence-electron chi connectivity index (χ3n) is 2.79. The average Bonchev–Trinajstić information content (AvgIpc) is 2.55. The number of aryl methyl sites for hydroxylation is 1. The Morgan fingerprint density at radius 3 is 2.62 bits per heavy atom. The van der Waals surface area contributed by atoms with Crippen LogP contribution >= 0.6 is 0 Å². The van der Waals surface area contributed by atoms with Crippen molar-refractivity contribution in [3.63, 3.8) is 0 Å². The summed E-state index contributed by atoms with van der Waals surface area (Å²) < 4.78 is 0. The van der Waals surface area contributed by atoms with E-state index in [4.69, 9.17) is 5.11 Å². The minimum Gasteiger partial charge on any atom is -0.477 e. The van der Waals surface area contributed by atoms with Crippen molar-refractivity contribution in [1.29, 1.82) is 0 Å². The lowest BCUT2D eigenvalue weighted by molar-refractivity contribution is 0.0690. The van der Waals surface area contributed by atoms with Crippen LogP contribution in [0.5, 0.6) is 0 Å². The summed E-state index contributed by atoms with van der Waals surface area (Å²) in [7, 11) is 0. The molecule has 0 atom stereocenters. The number of hydrogen-bond acceptors (Lipinski definition) is 1.